The molecule has 0 amide bonds. The van der Waals surface area contributed by atoms with Gasteiger partial charge in [0.2, 0.25) is 5.88 Å². The van der Waals surface area contributed by atoms with Crippen LogP contribution in [0, 0.1) is 18.3 Å². The predicted octanol–water partition coefficient (Wildman–Crippen LogP) is 3.52. The summed E-state index contributed by atoms with van der Waals surface area (Å²) in [7, 11) is 1.78. The highest BCUT2D eigenvalue weighted by molar-refractivity contribution is 5.46. The van der Waals surface area contributed by atoms with Gasteiger partial charge in [-0.3, -0.25) is 0 Å². The first-order chi connectivity index (χ1) is 9.04. The van der Waals surface area contributed by atoms with Gasteiger partial charge in [-0.2, -0.15) is 10.4 Å². The van der Waals surface area contributed by atoms with E-state index in [0.29, 0.717) is 23.1 Å². The van der Waals surface area contributed by atoms with Gasteiger partial charge in [-0.1, -0.05) is 32.0 Å². The molecule has 2 rings (SSSR count). The monoisotopic (exact) mass is 255 g/mol. The van der Waals surface area contributed by atoms with Crippen molar-refractivity contribution in [1.82, 2.24) is 9.78 Å². The number of nitrogens with zero attached hydrogens (tertiary/aromatic N) is 3. The van der Waals surface area contributed by atoms with Crippen LogP contribution in [0.3, 0.4) is 0 Å². The van der Waals surface area contributed by atoms with E-state index in [-0.39, 0.29) is 0 Å². The fourth-order valence-electron chi connectivity index (χ4n) is 2.04. The first kappa shape index (κ1) is 13.2. The van der Waals surface area contributed by atoms with Crippen LogP contribution in [0.2, 0.25) is 0 Å². The van der Waals surface area contributed by atoms with Crippen molar-refractivity contribution in [1.29, 1.82) is 5.26 Å². The van der Waals surface area contributed by atoms with Gasteiger partial charge in [-0.25, -0.2) is 4.68 Å². The van der Waals surface area contributed by atoms with Gasteiger partial charge in [0.1, 0.15) is 17.4 Å². The van der Waals surface area contributed by atoms with Crippen molar-refractivity contribution in [3.63, 3.8) is 0 Å². The Morgan fingerprint density at radius 2 is 2.00 bits per heavy atom. The lowest BCUT2D eigenvalue weighted by atomic mass is 10.0. The number of benzene rings is 1. The summed E-state index contributed by atoms with van der Waals surface area (Å²) in [6.45, 7) is 6.03. The van der Waals surface area contributed by atoms with Crippen molar-refractivity contribution in [2.75, 3.05) is 0 Å². The van der Waals surface area contributed by atoms with Gasteiger partial charge >= 0.3 is 0 Å². The molecule has 0 atom stereocenters. The third-order valence-corrected chi connectivity index (χ3v) is 3.03. The Morgan fingerprint density at radius 3 is 2.63 bits per heavy atom. The highest BCUT2D eigenvalue weighted by Gasteiger charge is 2.17. The lowest BCUT2D eigenvalue weighted by Crippen LogP contribution is -1.99. The minimum atomic E-state index is 0.357. The van der Waals surface area contributed by atoms with E-state index in [1.165, 1.54) is 0 Å². The normalized spacial score (nSPS) is 10.5. The Kier molecular flexibility index (Phi) is 3.57. The first-order valence-corrected chi connectivity index (χ1v) is 6.25. The maximum Gasteiger partial charge on any atom is 0.235 e. The molecule has 0 N–H and O–H groups in total. The molecule has 4 nitrogen and oxygen atoms in total. The zero-order chi connectivity index (χ0) is 14.0. The van der Waals surface area contributed by atoms with Gasteiger partial charge in [0, 0.05) is 7.05 Å². The van der Waals surface area contributed by atoms with Crippen molar-refractivity contribution in [3.05, 3.63) is 41.1 Å². The summed E-state index contributed by atoms with van der Waals surface area (Å²) in [5.74, 6) is 1.63. The summed E-state index contributed by atoms with van der Waals surface area (Å²) >= 11 is 0. The number of aromatic nitrogens is 2. The SMILES string of the molecule is Cc1nn(C)c(Oc2ccccc2C(C)C)c1C#N. The minimum Gasteiger partial charge on any atom is -0.438 e. The van der Waals surface area contributed by atoms with Crippen LogP contribution in [-0.4, -0.2) is 9.78 Å². The second kappa shape index (κ2) is 5.15. The number of nitriles is 1. The molecule has 0 unspecified atom stereocenters. The van der Waals surface area contributed by atoms with E-state index in [9.17, 15) is 5.26 Å². The van der Waals surface area contributed by atoms with E-state index in [0.717, 1.165) is 11.3 Å². The fraction of sp³-hybridized carbons (Fsp3) is 0.333. The molecule has 98 valence electrons. The summed E-state index contributed by atoms with van der Waals surface area (Å²) in [6, 6.07) is 10.0. The second-order valence-electron chi connectivity index (χ2n) is 4.80. The average Bonchev–Trinajstić information content (AvgIpc) is 2.64. The molecule has 1 aromatic heterocycles. The highest BCUT2D eigenvalue weighted by Crippen LogP contribution is 2.32. The molecule has 0 saturated carbocycles. The van der Waals surface area contributed by atoms with Crippen LogP contribution in [-0.2, 0) is 7.05 Å². The Morgan fingerprint density at radius 1 is 1.32 bits per heavy atom. The van der Waals surface area contributed by atoms with Gasteiger partial charge in [0.05, 0.1) is 5.69 Å². The molecule has 0 saturated heterocycles. The average molecular weight is 255 g/mol. The van der Waals surface area contributed by atoms with Crippen LogP contribution in [0.5, 0.6) is 11.6 Å². The minimum absolute atomic E-state index is 0.357. The van der Waals surface area contributed by atoms with E-state index in [2.05, 4.69) is 25.0 Å². The number of hydrogen-bond acceptors (Lipinski definition) is 3. The van der Waals surface area contributed by atoms with Crippen LogP contribution in [0.4, 0.5) is 0 Å². The molecular weight excluding hydrogens is 238 g/mol. The lowest BCUT2D eigenvalue weighted by molar-refractivity contribution is 0.423. The summed E-state index contributed by atoms with van der Waals surface area (Å²) < 4.78 is 7.52. The molecule has 0 radical (unpaired) electrons. The predicted molar refractivity (Wildman–Crippen MR) is 73.3 cm³/mol. The molecule has 2 aromatic rings. The van der Waals surface area contributed by atoms with E-state index in [1.807, 2.05) is 24.3 Å². The smallest absolute Gasteiger partial charge is 0.235 e. The number of para-hydroxylation sites is 1. The molecule has 0 aliphatic carbocycles. The van der Waals surface area contributed by atoms with Gasteiger partial charge in [0.25, 0.3) is 0 Å². The Hall–Kier alpha value is -2.28. The maximum atomic E-state index is 9.19. The van der Waals surface area contributed by atoms with Crippen molar-refractivity contribution in [3.8, 4) is 17.7 Å². The standard InChI is InChI=1S/C15H17N3O/c1-10(2)12-7-5-6-8-14(12)19-15-13(9-16)11(3)17-18(15)4/h5-8,10H,1-4H3. The van der Waals surface area contributed by atoms with E-state index in [4.69, 9.17) is 4.74 Å². The largest absolute Gasteiger partial charge is 0.438 e. The molecular formula is C15H17N3O. The van der Waals surface area contributed by atoms with Crippen molar-refractivity contribution < 1.29 is 4.74 Å². The van der Waals surface area contributed by atoms with Crippen molar-refractivity contribution in [2.24, 2.45) is 7.05 Å². The maximum absolute atomic E-state index is 9.19. The molecule has 0 aliphatic rings. The number of rotatable bonds is 3. The van der Waals surface area contributed by atoms with Crippen LogP contribution in [0.1, 0.15) is 36.6 Å². The highest BCUT2D eigenvalue weighted by atomic mass is 16.5. The van der Waals surface area contributed by atoms with Gasteiger partial charge < -0.3 is 4.74 Å². The Bertz CT molecular complexity index is 635. The molecule has 0 aliphatic heterocycles. The lowest BCUT2D eigenvalue weighted by Gasteiger charge is -2.13. The molecule has 1 heterocycles. The molecule has 4 heteroatoms. The van der Waals surface area contributed by atoms with E-state index in [1.54, 1.807) is 18.7 Å². The van der Waals surface area contributed by atoms with Gasteiger partial charge in [-0.05, 0) is 24.5 Å². The van der Waals surface area contributed by atoms with Gasteiger partial charge in [0.15, 0.2) is 0 Å². The van der Waals surface area contributed by atoms with Gasteiger partial charge in [-0.15, -0.1) is 0 Å². The molecule has 19 heavy (non-hydrogen) atoms. The third-order valence-electron chi connectivity index (χ3n) is 3.03. The number of aryl methyl sites for hydroxylation is 2. The topological polar surface area (TPSA) is 50.8 Å². The molecule has 0 spiro atoms. The Balaban J connectivity index is 2.46. The fourth-order valence-corrected chi connectivity index (χ4v) is 2.04. The van der Waals surface area contributed by atoms with Crippen LogP contribution >= 0.6 is 0 Å². The number of ether oxygens (including phenoxy) is 1. The van der Waals surface area contributed by atoms with E-state index < -0.39 is 0 Å². The summed E-state index contributed by atoms with van der Waals surface area (Å²) in [5, 5.41) is 13.4. The quantitative estimate of drug-likeness (QED) is 0.843. The molecule has 1 aromatic carbocycles. The zero-order valence-corrected chi connectivity index (χ0v) is 11.6. The zero-order valence-electron chi connectivity index (χ0n) is 11.6. The number of hydrogen-bond donors (Lipinski definition) is 0. The van der Waals surface area contributed by atoms with Crippen molar-refractivity contribution >= 4 is 0 Å². The first-order valence-electron chi connectivity index (χ1n) is 6.25. The summed E-state index contributed by atoms with van der Waals surface area (Å²) in [6.07, 6.45) is 0. The van der Waals surface area contributed by atoms with Crippen molar-refractivity contribution in [2.45, 2.75) is 26.7 Å². The van der Waals surface area contributed by atoms with Crippen LogP contribution in [0.15, 0.2) is 24.3 Å². The van der Waals surface area contributed by atoms with Crippen LogP contribution in [0.25, 0.3) is 0 Å². The second-order valence-corrected chi connectivity index (χ2v) is 4.80. The molecule has 0 fully saturated rings. The summed E-state index contributed by atoms with van der Waals surface area (Å²) in [5.41, 5.74) is 2.29. The molecule has 0 bridgehead atoms. The van der Waals surface area contributed by atoms with E-state index >= 15 is 0 Å². The summed E-state index contributed by atoms with van der Waals surface area (Å²) in [4.78, 5) is 0. The Labute approximate surface area is 113 Å². The van der Waals surface area contributed by atoms with Crippen LogP contribution < -0.4 is 4.74 Å². The third kappa shape index (κ3) is 2.45.